The molecule has 5 rings (SSSR count). The summed E-state index contributed by atoms with van der Waals surface area (Å²) >= 11 is 0. The van der Waals surface area contributed by atoms with Crippen molar-refractivity contribution in [2.45, 2.75) is 49.6 Å². The van der Waals surface area contributed by atoms with E-state index in [2.05, 4.69) is 27.0 Å². The lowest BCUT2D eigenvalue weighted by molar-refractivity contribution is -0.131. The fourth-order valence-corrected chi connectivity index (χ4v) is 6.78. The van der Waals surface area contributed by atoms with E-state index >= 15 is 0 Å². The Kier molecular flexibility index (Phi) is 7.82. The molecule has 0 radical (unpaired) electrons. The third-order valence-corrected chi connectivity index (χ3v) is 8.94. The SMILES string of the molecule is CN=C(N)C1(CCNCC(=O)N2C(C#N)C[C@@H]3C[C@@H]32)c2ccc(C(=O)NC)cc2CCc2cc(C(=O)NC)ccc21. The Balaban J connectivity index is 1.50. The molecule has 10 heteroatoms. The smallest absolute Gasteiger partial charge is 0.251 e. The molecule has 1 saturated heterocycles. The Hall–Kier alpha value is -4.23. The molecular weight excluding hydrogens is 518 g/mol. The van der Waals surface area contributed by atoms with Gasteiger partial charge in [0.2, 0.25) is 5.91 Å². The quantitative estimate of drug-likeness (QED) is 0.219. The number of aryl methyl sites for hydroxylation is 2. The molecule has 2 aliphatic carbocycles. The summed E-state index contributed by atoms with van der Waals surface area (Å²) in [4.78, 5) is 44.3. The summed E-state index contributed by atoms with van der Waals surface area (Å²) in [6, 6.07) is 13.5. The van der Waals surface area contributed by atoms with Crippen LogP contribution in [0.3, 0.4) is 0 Å². The highest BCUT2D eigenvalue weighted by Gasteiger charge is 2.54. The number of rotatable bonds is 8. The number of nitrogens with two attached hydrogens (primary N) is 1. The van der Waals surface area contributed by atoms with Crippen LogP contribution in [0.4, 0.5) is 0 Å². The van der Waals surface area contributed by atoms with Gasteiger partial charge in [0.25, 0.3) is 11.8 Å². The molecule has 2 fully saturated rings. The van der Waals surface area contributed by atoms with E-state index in [-0.39, 0.29) is 36.3 Å². The molecule has 2 aromatic rings. The third-order valence-electron chi connectivity index (χ3n) is 8.94. The summed E-state index contributed by atoms with van der Waals surface area (Å²) in [5, 5.41) is 18.2. The number of nitrogens with one attached hydrogen (secondary N) is 3. The minimum atomic E-state index is -0.848. The molecule has 3 amide bonds. The first-order valence-corrected chi connectivity index (χ1v) is 14.1. The molecule has 3 atom stereocenters. The highest BCUT2D eigenvalue weighted by atomic mass is 16.2. The predicted molar refractivity (Wildman–Crippen MR) is 156 cm³/mol. The van der Waals surface area contributed by atoms with Crippen molar-refractivity contribution in [3.05, 3.63) is 69.8 Å². The van der Waals surface area contributed by atoms with Crippen LogP contribution < -0.4 is 21.7 Å². The second-order valence-electron chi connectivity index (χ2n) is 11.1. The first kappa shape index (κ1) is 28.3. The normalized spacial score (nSPS) is 22.0. The molecule has 1 saturated carbocycles. The van der Waals surface area contributed by atoms with E-state index in [1.165, 1.54) is 0 Å². The summed E-state index contributed by atoms with van der Waals surface area (Å²) in [7, 11) is 4.87. The van der Waals surface area contributed by atoms with Gasteiger partial charge in [0, 0.05) is 38.3 Å². The Morgan fingerprint density at radius 3 is 2.12 bits per heavy atom. The number of likely N-dealkylation sites (tertiary alicyclic amines) is 1. The first-order valence-electron chi connectivity index (χ1n) is 14.1. The molecule has 1 unspecified atom stereocenters. The van der Waals surface area contributed by atoms with Crippen LogP contribution in [0.5, 0.6) is 0 Å². The van der Waals surface area contributed by atoms with Gasteiger partial charge in [0.05, 0.1) is 18.0 Å². The molecule has 3 aliphatic rings. The van der Waals surface area contributed by atoms with Crippen molar-refractivity contribution in [3.8, 4) is 6.07 Å². The number of nitriles is 1. The van der Waals surface area contributed by atoms with Crippen LogP contribution >= 0.6 is 0 Å². The number of amidine groups is 1. The van der Waals surface area contributed by atoms with Gasteiger partial charge in [0.1, 0.15) is 11.9 Å². The van der Waals surface area contributed by atoms with E-state index < -0.39 is 5.41 Å². The van der Waals surface area contributed by atoms with Crippen molar-refractivity contribution in [1.29, 1.82) is 5.26 Å². The number of carbonyl (C=O) groups is 3. The summed E-state index contributed by atoms with van der Waals surface area (Å²) in [5.74, 6) is 0.482. The highest BCUT2D eigenvalue weighted by Crippen LogP contribution is 2.47. The van der Waals surface area contributed by atoms with Gasteiger partial charge in [0.15, 0.2) is 0 Å². The molecule has 214 valence electrons. The van der Waals surface area contributed by atoms with Crippen LogP contribution in [0.1, 0.15) is 62.2 Å². The third kappa shape index (κ3) is 4.95. The lowest BCUT2D eigenvalue weighted by atomic mass is 9.68. The Morgan fingerprint density at radius 2 is 1.61 bits per heavy atom. The maximum Gasteiger partial charge on any atom is 0.251 e. The summed E-state index contributed by atoms with van der Waals surface area (Å²) in [6.07, 6.45) is 3.56. The van der Waals surface area contributed by atoms with Crippen LogP contribution in [0.15, 0.2) is 41.4 Å². The van der Waals surface area contributed by atoms with Crippen LogP contribution in [-0.4, -0.2) is 74.8 Å². The van der Waals surface area contributed by atoms with E-state index in [1.807, 2.05) is 24.3 Å². The molecular formula is C31H37N7O3. The molecule has 41 heavy (non-hydrogen) atoms. The van der Waals surface area contributed by atoms with E-state index in [0.717, 1.165) is 35.1 Å². The van der Waals surface area contributed by atoms with Gasteiger partial charge in [-0.25, -0.2) is 0 Å². The Bertz CT molecular complexity index is 1390. The van der Waals surface area contributed by atoms with Crippen molar-refractivity contribution in [2.75, 3.05) is 34.2 Å². The van der Waals surface area contributed by atoms with Gasteiger partial charge >= 0.3 is 0 Å². The second kappa shape index (κ2) is 11.3. The number of hydrogen-bond donors (Lipinski definition) is 4. The van der Waals surface area contributed by atoms with Crippen molar-refractivity contribution >= 4 is 23.6 Å². The van der Waals surface area contributed by atoms with Gasteiger partial charge in [-0.3, -0.25) is 19.4 Å². The molecule has 0 aromatic heterocycles. The van der Waals surface area contributed by atoms with Gasteiger partial charge in [-0.2, -0.15) is 5.26 Å². The predicted octanol–water partition coefficient (Wildman–Crippen LogP) is 1.27. The lowest BCUT2D eigenvalue weighted by Crippen LogP contribution is -2.47. The topological polar surface area (TPSA) is 153 Å². The zero-order chi connectivity index (χ0) is 29.3. The van der Waals surface area contributed by atoms with E-state index in [4.69, 9.17) is 5.73 Å². The average Bonchev–Trinajstić information content (AvgIpc) is 3.70. The number of piperidine rings is 1. The second-order valence-corrected chi connectivity index (χ2v) is 11.1. The van der Waals surface area contributed by atoms with Crippen molar-refractivity contribution in [3.63, 3.8) is 0 Å². The molecule has 1 aliphatic heterocycles. The fraction of sp³-hybridized carbons (Fsp3) is 0.452. The standard InChI is InChI=1S/C31H37N7O3/c1-34-28(40)20-6-8-24-18(12-20)4-5-19-13-21(29(41)35-2)7-9-25(19)31(24,30(33)36-3)10-11-37-17-27(39)38-23(16-32)14-22-15-26(22)38/h6-9,12-13,22-23,26,37H,4-5,10-11,14-15,17H2,1-3H3,(H2,33,36)(H,34,40)(H,35,41)/t22-,23?,26+/m1/s1. The Labute approximate surface area is 240 Å². The van der Waals surface area contributed by atoms with E-state index in [0.29, 0.717) is 48.7 Å². The summed E-state index contributed by atoms with van der Waals surface area (Å²) < 4.78 is 0. The van der Waals surface area contributed by atoms with Crippen molar-refractivity contribution in [2.24, 2.45) is 16.6 Å². The number of hydrogen-bond acceptors (Lipinski definition) is 6. The van der Waals surface area contributed by atoms with Gasteiger partial charge < -0.3 is 26.6 Å². The maximum atomic E-state index is 13.1. The highest BCUT2D eigenvalue weighted by molar-refractivity contribution is 5.99. The van der Waals surface area contributed by atoms with Gasteiger partial charge in [-0.1, -0.05) is 12.1 Å². The average molecular weight is 556 g/mol. The molecule has 0 bridgehead atoms. The monoisotopic (exact) mass is 555 g/mol. The molecule has 5 N–H and O–H groups in total. The first-order chi connectivity index (χ1) is 19.8. The largest absolute Gasteiger partial charge is 0.386 e. The van der Waals surface area contributed by atoms with E-state index in [1.54, 1.807) is 38.2 Å². The number of amides is 3. The van der Waals surface area contributed by atoms with Crippen LogP contribution in [-0.2, 0) is 23.1 Å². The molecule has 10 nitrogen and oxygen atoms in total. The zero-order valence-corrected chi connectivity index (χ0v) is 23.8. The van der Waals surface area contributed by atoms with Crippen molar-refractivity contribution < 1.29 is 14.4 Å². The minimum Gasteiger partial charge on any atom is -0.386 e. The maximum absolute atomic E-state index is 13.1. The lowest BCUT2D eigenvalue weighted by Gasteiger charge is -2.36. The number of fused-ring (bicyclic) bond motifs is 3. The summed E-state index contributed by atoms with van der Waals surface area (Å²) in [5.41, 5.74) is 10.9. The number of aliphatic imine (C=N–C) groups is 1. The number of benzene rings is 2. The fourth-order valence-electron chi connectivity index (χ4n) is 6.78. The molecule has 2 aromatic carbocycles. The van der Waals surface area contributed by atoms with Crippen LogP contribution in [0.25, 0.3) is 0 Å². The van der Waals surface area contributed by atoms with Crippen LogP contribution in [0.2, 0.25) is 0 Å². The minimum absolute atomic E-state index is 0.0557. The van der Waals surface area contributed by atoms with Crippen molar-refractivity contribution in [1.82, 2.24) is 20.9 Å². The van der Waals surface area contributed by atoms with Gasteiger partial charge in [-0.05, 0) is 91.1 Å². The molecule has 0 spiro atoms. The number of carbonyl (C=O) groups excluding carboxylic acids is 3. The molecule has 1 heterocycles. The zero-order valence-electron chi connectivity index (χ0n) is 23.8. The van der Waals surface area contributed by atoms with Gasteiger partial charge in [-0.15, -0.1) is 0 Å². The van der Waals surface area contributed by atoms with E-state index in [9.17, 15) is 19.6 Å². The number of nitrogens with zero attached hydrogens (tertiary/aromatic N) is 3. The Morgan fingerprint density at radius 1 is 1.02 bits per heavy atom. The summed E-state index contributed by atoms with van der Waals surface area (Å²) in [6.45, 7) is 0.583. The van der Waals surface area contributed by atoms with Crippen LogP contribution in [0, 0.1) is 17.2 Å².